The SMILES string of the molecule is CC1=[NH+]c2ccccc2C1=C(c1ccccc1)c1ccc(N(C)C2(C3(N)CCCCC3)CCCCC2)cc1. The zero-order chi connectivity index (χ0) is 26.2. The smallest absolute Gasteiger partial charge is 0.211 e. The van der Waals surface area contributed by atoms with E-state index in [2.05, 4.69) is 103 Å². The number of fused-ring (bicyclic) bond motifs is 1. The second-order valence-corrected chi connectivity index (χ2v) is 11.8. The van der Waals surface area contributed by atoms with Gasteiger partial charge in [-0.25, -0.2) is 4.99 Å². The minimum absolute atomic E-state index is 0.0482. The Bertz CT molecular complexity index is 1340. The number of hydrogen-bond donors (Lipinski definition) is 2. The number of allylic oxidation sites excluding steroid dienone is 1. The minimum atomic E-state index is -0.0957. The summed E-state index contributed by atoms with van der Waals surface area (Å²) in [5.74, 6) is 0. The molecule has 0 saturated heterocycles. The Hall–Kier alpha value is -3.17. The highest BCUT2D eigenvalue weighted by atomic mass is 15.2. The fourth-order valence-corrected chi connectivity index (χ4v) is 7.71. The first-order valence-corrected chi connectivity index (χ1v) is 14.7. The molecule has 3 N–H and O–H groups in total. The number of anilines is 1. The molecule has 6 rings (SSSR count). The Balaban J connectivity index is 1.42. The van der Waals surface area contributed by atoms with E-state index >= 15 is 0 Å². The average Bonchev–Trinajstić information content (AvgIpc) is 3.30. The lowest BCUT2D eigenvalue weighted by Gasteiger charge is -2.58. The first-order chi connectivity index (χ1) is 18.5. The van der Waals surface area contributed by atoms with Crippen LogP contribution >= 0.6 is 0 Å². The molecule has 3 aromatic carbocycles. The normalized spacial score (nSPS) is 21.4. The van der Waals surface area contributed by atoms with Gasteiger partial charge in [-0.15, -0.1) is 0 Å². The van der Waals surface area contributed by atoms with Crippen LogP contribution in [-0.4, -0.2) is 23.8 Å². The van der Waals surface area contributed by atoms with Gasteiger partial charge in [0.15, 0.2) is 5.71 Å². The molecule has 196 valence electrons. The van der Waals surface area contributed by atoms with E-state index < -0.39 is 0 Å². The third-order valence-electron chi connectivity index (χ3n) is 9.74. The fraction of sp³-hybridized carbons (Fsp3) is 0.400. The molecule has 0 aromatic heterocycles. The van der Waals surface area contributed by atoms with Crippen molar-refractivity contribution in [2.24, 2.45) is 5.73 Å². The molecule has 1 aliphatic heterocycles. The van der Waals surface area contributed by atoms with E-state index in [4.69, 9.17) is 5.73 Å². The van der Waals surface area contributed by atoms with E-state index in [-0.39, 0.29) is 11.1 Å². The van der Waals surface area contributed by atoms with Gasteiger partial charge in [0, 0.05) is 36.8 Å². The lowest BCUT2D eigenvalue weighted by molar-refractivity contribution is -0.349. The number of benzene rings is 3. The highest BCUT2D eigenvalue weighted by Gasteiger charge is 2.51. The Morgan fingerprint density at radius 2 is 1.29 bits per heavy atom. The molecule has 3 heteroatoms. The summed E-state index contributed by atoms with van der Waals surface area (Å²) < 4.78 is 0. The quantitative estimate of drug-likeness (QED) is 0.409. The number of rotatable bonds is 5. The van der Waals surface area contributed by atoms with Crippen molar-refractivity contribution in [1.29, 1.82) is 0 Å². The summed E-state index contributed by atoms with van der Waals surface area (Å²) in [6.45, 7) is 2.19. The van der Waals surface area contributed by atoms with Gasteiger partial charge < -0.3 is 10.6 Å². The van der Waals surface area contributed by atoms with Crippen molar-refractivity contribution >= 4 is 28.2 Å². The molecule has 2 aliphatic carbocycles. The molecule has 38 heavy (non-hydrogen) atoms. The van der Waals surface area contributed by atoms with Crippen molar-refractivity contribution in [2.45, 2.75) is 82.2 Å². The van der Waals surface area contributed by atoms with Crippen LogP contribution in [0.3, 0.4) is 0 Å². The van der Waals surface area contributed by atoms with Crippen LogP contribution in [0.1, 0.15) is 87.8 Å². The van der Waals surface area contributed by atoms with Crippen molar-refractivity contribution < 1.29 is 4.99 Å². The molecule has 0 spiro atoms. The molecule has 0 unspecified atom stereocenters. The average molecular weight is 505 g/mol. The predicted octanol–water partition coefficient (Wildman–Crippen LogP) is 6.63. The topological polar surface area (TPSA) is 43.2 Å². The van der Waals surface area contributed by atoms with Crippen LogP contribution in [0.5, 0.6) is 0 Å². The molecule has 3 aromatic rings. The summed E-state index contributed by atoms with van der Waals surface area (Å²) in [6.07, 6.45) is 12.5. The van der Waals surface area contributed by atoms with Gasteiger partial charge in [-0.05, 0) is 55.0 Å². The summed E-state index contributed by atoms with van der Waals surface area (Å²) in [5, 5.41) is 0. The predicted molar refractivity (Wildman–Crippen MR) is 161 cm³/mol. The highest BCUT2D eigenvalue weighted by molar-refractivity contribution is 6.31. The molecule has 0 amide bonds. The Kier molecular flexibility index (Phi) is 6.74. The maximum absolute atomic E-state index is 7.35. The number of nitrogens with one attached hydrogen (secondary N) is 1. The maximum atomic E-state index is 7.35. The van der Waals surface area contributed by atoms with Gasteiger partial charge in [0.2, 0.25) is 5.69 Å². The fourth-order valence-electron chi connectivity index (χ4n) is 7.71. The van der Waals surface area contributed by atoms with Crippen LogP contribution < -0.4 is 15.6 Å². The molecular weight excluding hydrogens is 462 g/mol. The van der Waals surface area contributed by atoms with Crippen LogP contribution in [-0.2, 0) is 0 Å². The van der Waals surface area contributed by atoms with E-state index in [1.807, 2.05) is 0 Å². The molecule has 3 nitrogen and oxygen atoms in total. The Morgan fingerprint density at radius 3 is 1.97 bits per heavy atom. The van der Waals surface area contributed by atoms with Crippen LogP contribution in [0.4, 0.5) is 11.4 Å². The Morgan fingerprint density at radius 1 is 0.711 bits per heavy atom. The van der Waals surface area contributed by atoms with Gasteiger partial charge in [-0.2, -0.15) is 0 Å². The molecular formula is C35H42N3+. The highest BCUT2D eigenvalue weighted by Crippen LogP contribution is 2.48. The Labute approximate surface area is 228 Å². The van der Waals surface area contributed by atoms with Crippen molar-refractivity contribution in [1.82, 2.24) is 0 Å². The number of nitrogens with two attached hydrogens (primary N) is 1. The van der Waals surface area contributed by atoms with Gasteiger partial charge >= 0.3 is 0 Å². The number of hydrogen-bond acceptors (Lipinski definition) is 2. The molecule has 2 saturated carbocycles. The van der Waals surface area contributed by atoms with E-state index in [0.717, 1.165) is 12.8 Å². The standard InChI is InChI=1S/C35H41N3/c1-26-32(30-16-8-9-17-31(30)37-26)33(27-14-6-3-7-15-27)28-18-20-29(21-19-28)38(2)35(24-12-5-13-25-35)34(36)22-10-4-11-23-34/h3,6-9,14-21H,4-5,10-13,22-25,36H2,1-2H3/p+1. The van der Waals surface area contributed by atoms with Crippen molar-refractivity contribution in [3.8, 4) is 0 Å². The van der Waals surface area contributed by atoms with Gasteiger partial charge in [-0.3, -0.25) is 0 Å². The molecule has 0 radical (unpaired) electrons. The van der Waals surface area contributed by atoms with Gasteiger partial charge in [0.05, 0.1) is 16.7 Å². The van der Waals surface area contributed by atoms with Crippen LogP contribution in [0.25, 0.3) is 11.1 Å². The minimum Gasteiger partial charge on any atom is -0.367 e. The van der Waals surface area contributed by atoms with Crippen molar-refractivity contribution in [3.63, 3.8) is 0 Å². The first-order valence-electron chi connectivity index (χ1n) is 14.7. The van der Waals surface area contributed by atoms with Crippen LogP contribution in [0.2, 0.25) is 0 Å². The van der Waals surface area contributed by atoms with Gasteiger partial charge in [-0.1, -0.05) is 93.1 Å². The first kappa shape index (κ1) is 25.1. The van der Waals surface area contributed by atoms with Gasteiger partial charge in [0.1, 0.15) is 0 Å². The summed E-state index contributed by atoms with van der Waals surface area (Å²) in [5.41, 5.74) is 17.3. The molecule has 0 bridgehead atoms. The third-order valence-corrected chi connectivity index (χ3v) is 9.74. The second-order valence-electron chi connectivity index (χ2n) is 11.8. The molecule has 1 heterocycles. The van der Waals surface area contributed by atoms with E-state index in [9.17, 15) is 0 Å². The summed E-state index contributed by atoms with van der Waals surface area (Å²) in [6, 6.07) is 28.8. The molecule has 3 aliphatic rings. The van der Waals surface area contributed by atoms with Crippen molar-refractivity contribution in [3.05, 3.63) is 95.6 Å². The zero-order valence-electron chi connectivity index (χ0n) is 23.1. The number of nitrogens with zero attached hydrogens (tertiary/aromatic N) is 1. The van der Waals surface area contributed by atoms with Crippen molar-refractivity contribution in [2.75, 3.05) is 11.9 Å². The van der Waals surface area contributed by atoms with Gasteiger partial charge in [0.25, 0.3) is 0 Å². The second kappa shape index (κ2) is 10.2. The summed E-state index contributed by atoms with van der Waals surface area (Å²) >= 11 is 0. The number of para-hydroxylation sites is 1. The van der Waals surface area contributed by atoms with E-state index in [1.165, 1.54) is 96.3 Å². The maximum Gasteiger partial charge on any atom is 0.211 e. The lowest BCUT2D eigenvalue weighted by atomic mass is 9.61. The van der Waals surface area contributed by atoms with Crippen LogP contribution in [0, 0.1) is 0 Å². The molecule has 0 atom stereocenters. The summed E-state index contributed by atoms with van der Waals surface area (Å²) in [7, 11) is 2.31. The monoisotopic (exact) mass is 504 g/mol. The van der Waals surface area contributed by atoms with E-state index in [0.29, 0.717) is 0 Å². The zero-order valence-corrected chi connectivity index (χ0v) is 23.1. The number of likely N-dealkylation sites (N-methyl/N-ethyl adjacent to an activating group) is 1. The largest absolute Gasteiger partial charge is 0.367 e. The summed E-state index contributed by atoms with van der Waals surface area (Å²) in [4.78, 5) is 6.21. The van der Waals surface area contributed by atoms with Crippen LogP contribution in [0.15, 0.2) is 78.9 Å². The third kappa shape index (κ3) is 4.22. The van der Waals surface area contributed by atoms with E-state index in [1.54, 1.807) is 0 Å². The lowest BCUT2D eigenvalue weighted by Crippen LogP contribution is -2.69. The molecule has 2 fully saturated rings.